The van der Waals surface area contributed by atoms with E-state index in [1.807, 2.05) is 26.2 Å². The van der Waals surface area contributed by atoms with E-state index >= 15 is 0 Å². The number of rotatable bonds is 4. The maximum Gasteiger partial charge on any atom is 0.225 e. The Kier molecular flexibility index (Phi) is 4.42. The van der Waals surface area contributed by atoms with E-state index in [9.17, 15) is 9.59 Å². The number of thiazole rings is 1. The Morgan fingerprint density at radius 3 is 2.85 bits per heavy atom. The number of hydrogen-bond acceptors (Lipinski definition) is 4. The second-order valence-corrected chi connectivity index (χ2v) is 6.82. The van der Waals surface area contributed by atoms with E-state index in [0.29, 0.717) is 19.5 Å². The number of likely N-dealkylation sites (tertiary alicyclic amines) is 1. The van der Waals surface area contributed by atoms with Gasteiger partial charge >= 0.3 is 0 Å². The Morgan fingerprint density at radius 2 is 2.30 bits per heavy atom. The van der Waals surface area contributed by atoms with Gasteiger partial charge in [-0.25, -0.2) is 4.98 Å². The highest BCUT2D eigenvalue weighted by Crippen LogP contribution is 2.25. The maximum absolute atomic E-state index is 12.1. The molecule has 110 valence electrons. The molecular weight excluding hydrogens is 274 g/mol. The molecule has 2 heterocycles. The fourth-order valence-corrected chi connectivity index (χ4v) is 2.94. The van der Waals surface area contributed by atoms with Crippen molar-refractivity contribution in [1.82, 2.24) is 15.2 Å². The first kappa shape index (κ1) is 15.0. The van der Waals surface area contributed by atoms with Gasteiger partial charge < -0.3 is 10.2 Å². The van der Waals surface area contributed by atoms with Crippen molar-refractivity contribution in [2.75, 3.05) is 13.1 Å². The van der Waals surface area contributed by atoms with Crippen LogP contribution in [0.5, 0.6) is 0 Å². The standard InChI is InChI=1S/C14H21N3O2S/c1-14(2,3)17-7-10(6-12(17)18)13(19)15-5-4-11-8-20-9-16-11/h8-10H,4-7H2,1-3H3,(H,15,19). The molecule has 1 saturated heterocycles. The predicted octanol–water partition coefficient (Wildman–Crippen LogP) is 1.45. The molecule has 5 nitrogen and oxygen atoms in total. The largest absolute Gasteiger partial charge is 0.355 e. The van der Waals surface area contributed by atoms with Crippen LogP contribution in [-0.2, 0) is 16.0 Å². The number of amides is 2. The van der Waals surface area contributed by atoms with Crippen LogP contribution in [0.3, 0.4) is 0 Å². The minimum Gasteiger partial charge on any atom is -0.355 e. The lowest BCUT2D eigenvalue weighted by Gasteiger charge is -2.31. The minimum atomic E-state index is -0.225. The lowest BCUT2D eigenvalue weighted by molar-refractivity contribution is -0.132. The molecule has 0 bridgehead atoms. The van der Waals surface area contributed by atoms with Crippen LogP contribution in [0.4, 0.5) is 0 Å². The van der Waals surface area contributed by atoms with Gasteiger partial charge in [-0.1, -0.05) is 0 Å². The molecule has 6 heteroatoms. The predicted molar refractivity (Wildman–Crippen MR) is 78.4 cm³/mol. The van der Waals surface area contributed by atoms with Crippen LogP contribution in [0.2, 0.25) is 0 Å². The molecule has 20 heavy (non-hydrogen) atoms. The Hall–Kier alpha value is -1.43. The van der Waals surface area contributed by atoms with E-state index in [4.69, 9.17) is 0 Å². The molecule has 0 spiro atoms. The molecule has 1 aromatic rings. The molecule has 1 aliphatic heterocycles. The Morgan fingerprint density at radius 1 is 1.55 bits per heavy atom. The summed E-state index contributed by atoms with van der Waals surface area (Å²) in [5, 5.41) is 4.88. The Bertz CT molecular complexity index is 479. The highest BCUT2D eigenvalue weighted by Gasteiger charge is 2.39. The molecular formula is C14H21N3O2S. The first-order valence-electron chi connectivity index (χ1n) is 6.83. The van der Waals surface area contributed by atoms with E-state index in [1.165, 1.54) is 0 Å². The number of carbonyl (C=O) groups is 2. The molecule has 1 unspecified atom stereocenters. The average Bonchev–Trinajstić information content (AvgIpc) is 2.97. The van der Waals surface area contributed by atoms with Gasteiger partial charge in [0.15, 0.2) is 0 Å². The zero-order chi connectivity index (χ0) is 14.8. The molecule has 1 atom stereocenters. The van der Waals surface area contributed by atoms with Crippen molar-refractivity contribution in [2.45, 2.75) is 39.2 Å². The van der Waals surface area contributed by atoms with Gasteiger partial charge in [0.05, 0.1) is 17.1 Å². The molecule has 0 aliphatic carbocycles. The minimum absolute atomic E-state index is 0.0275. The monoisotopic (exact) mass is 295 g/mol. The highest BCUT2D eigenvalue weighted by atomic mass is 32.1. The Balaban J connectivity index is 1.80. The van der Waals surface area contributed by atoms with E-state index in [-0.39, 0.29) is 23.3 Å². The highest BCUT2D eigenvalue weighted by molar-refractivity contribution is 7.07. The van der Waals surface area contributed by atoms with Crippen LogP contribution in [0.1, 0.15) is 32.9 Å². The molecule has 1 aliphatic rings. The summed E-state index contributed by atoms with van der Waals surface area (Å²) >= 11 is 1.55. The van der Waals surface area contributed by atoms with Crippen LogP contribution >= 0.6 is 11.3 Å². The summed E-state index contributed by atoms with van der Waals surface area (Å²) in [6.45, 7) is 7.07. The van der Waals surface area contributed by atoms with Crippen molar-refractivity contribution in [2.24, 2.45) is 5.92 Å². The second kappa shape index (κ2) is 5.91. The van der Waals surface area contributed by atoms with E-state index < -0.39 is 0 Å². The Labute approximate surface area is 123 Å². The zero-order valence-corrected chi connectivity index (χ0v) is 13.0. The third kappa shape index (κ3) is 3.56. The number of nitrogens with one attached hydrogen (secondary N) is 1. The van der Waals surface area contributed by atoms with Gasteiger partial charge in [-0.05, 0) is 20.8 Å². The van der Waals surface area contributed by atoms with Gasteiger partial charge in [0.1, 0.15) is 0 Å². The summed E-state index contributed by atoms with van der Waals surface area (Å²) in [4.78, 5) is 30.0. The van der Waals surface area contributed by atoms with Crippen molar-refractivity contribution in [3.63, 3.8) is 0 Å². The second-order valence-electron chi connectivity index (χ2n) is 6.10. The quantitative estimate of drug-likeness (QED) is 0.914. The third-order valence-corrected chi connectivity index (χ3v) is 4.10. The first-order chi connectivity index (χ1) is 9.38. The van der Waals surface area contributed by atoms with Crippen LogP contribution in [0.15, 0.2) is 10.9 Å². The first-order valence-corrected chi connectivity index (χ1v) is 7.77. The van der Waals surface area contributed by atoms with Crippen LogP contribution in [-0.4, -0.2) is 40.3 Å². The summed E-state index contributed by atoms with van der Waals surface area (Å²) in [5.41, 5.74) is 2.56. The van der Waals surface area contributed by atoms with Gasteiger partial charge in [0.2, 0.25) is 11.8 Å². The van der Waals surface area contributed by atoms with Gasteiger partial charge in [-0.2, -0.15) is 0 Å². The van der Waals surface area contributed by atoms with Crippen molar-refractivity contribution in [1.29, 1.82) is 0 Å². The van der Waals surface area contributed by atoms with Gasteiger partial charge in [0.25, 0.3) is 0 Å². The van der Waals surface area contributed by atoms with Crippen molar-refractivity contribution in [3.05, 3.63) is 16.6 Å². The molecule has 1 N–H and O–H groups in total. The lowest BCUT2D eigenvalue weighted by atomic mass is 10.1. The summed E-state index contributed by atoms with van der Waals surface area (Å²) in [7, 11) is 0. The van der Waals surface area contributed by atoms with Crippen LogP contribution < -0.4 is 5.32 Å². The molecule has 1 fully saturated rings. The van der Waals surface area contributed by atoms with E-state index in [2.05, 4.69) is 10.3 Å². The SMILES string of the molecule is CC(C)(C)N1CC(C(=O)NCCc2cscn2)CC1=O. The lowest BCUT2D eigenvalue weighted by Crippen LogP contribution is -2.43. The number of aromatic nitrogens is 1. The molecule has 0 saturated carbocycles. The van der Waals surface area contributed by atoms with Crippen LogP contribution in [0, 0.1) is 5.92 Å². The zero-order valence-electron chi connectivity index (χ0n) is 12.2. The maximum atomic E-state index is 12.1. The van der Waals surface area contributed by atoms with Crippen molar-refractivity contribution >= 4 is 23.2 Å². The van der Waals surface area contributed by atoms with Gasteiger partial charge in [-0.15, -0.1) is 11.3 Å². The van der Waals surface area contributed by atoms with E-state index in [1.54, 1.807) is 21.7 Å². The molecule has 1 aromatic heterocycles. The number of nitrogens with zero attached hydrogens (tertiary/aromatic N) is 2. The average molecular weight is 295 g/mol. The number of hydrogen-bond donors (Lipinski definition) is 1. The normalized spacial score (nSPS) is 19.4. The van der Waals surface area contributed by atoms with Crippen molar-refractivity contribution in [3.8, 4) is 0 Å². The fraction of sp³-hybridized carbons (Fsp3) is 0.643. The third-order valence-electron chi connectivity index (χ3n) is 3.47. The molecule has 2 amide bonds. The van der Waals surface area contributed by atoms with Crippen LogP contribution in [0.25, 0.3) is 0 Å². The molecule has 0 radical (unpaired) electrons. The molecule has 2 rings (SSSR count). The summed E-state index contributed by atoms with van der Waals surface area (Å²) < 4.78 is 0. The summed E-state index contributed by atoms with van der Waals surface area (Å²) in [5.74, 6) is -0.186. The van der Waals surface area contributed by atoms with Gasteiger partial charge in [0, 0.05) is 36.9 Å². The van der Waals surface area contributed by atoms with Crippen molar-refractivity contribution < 1.29 is 9.59 Å². The smallest absolute Gasteiger partial charge is 0.225 e. The van der Waals surface area contributed by atoms with Gasteiger partial charge in [-0.3, -0.25) is 9.59 Å². The fourth-order valence-electron chi connectivity index (χ4n) is 2.35. The molecule has 0 aromatic carbocycles. The van der Waals surface area contributed by atoms with E-state index in [0.717, 1.165) is 12.1 Å². The summed E-state index contributed by atoms with van der Waals surface area (Å²) in [6.07, 6.45) is 1.05. The number of carbonyl (C=O) groups excluding carboxylic acids is 2. The topological polar surface area (TPSA) is 62.3 Å². The summed E-state index contributed by atoms with van der Waals surface area (Å²) in [6, 6.07) is 0.